The second-order valence-corrected chi connectivity index (χ2v) is 6.10. The quantitative estimate of drug-likeness (QED) is 0.735. The number of aromatic nitrogens is 4. The monoisotopic (exact) mass is 341 g/mol. The molecule has 1 aliphatic rings. The van der Waals surface area contributed by atoms with E-state index in [-0.39, 0.29) is 12.8 Å². The molecule has 0 bridgehead atoms. The van der Waals surface area contributed by atoms with Gasteiger partial charge in [-0.3, -0.25) is 4.68 Å². The molecular formula is C17H19N5O3. The van der Waals surface area contributed by atoms with Gasteiger partial charge in [-0.25, -0.2) is 0 Å². The Kier molecular flexibility index (Phi) is 4.10. The molecule has 8 nitrogen and oxygen atoms in total. The Bertz CT molecular complexity index is 873. The van der Waals surface area contributed by atoms with Crippen LogP contribution in [0.15, 0.2) is 35.1 Å². The average Bonchev–Trinajstić information content (AvgIpc) is 3.32. The summed E-state index contributed by atoms with van der Waals surface area (Å²) < 4.78 is 17.9. The van der Waals surface area contributed by atoms with Crippen LogP contribution in [0.1, 0.15) is 18.4 Å². The van der Waals surface area contributed by atoms with Crippen LogP contribution in [0.2, 0.25) is 0 Å². The molecule has 1 N–H and O–H groups in total. The molecule has 2 aromatic heterocycles. The van der Waals surface area contributed by atoms with Crippen molar-refractivity contribution in [3.8, 4) is 22.9 Å². The molecule has 1 aromatic carbocycles. The molecule has 0 fully saturated rings. The second kappa shape index (κ2) is 6.56. The van der Waals surface area contributed by atoms with Gasteiger partial charge in [0.1, 0.15) is 0 Å². The Morgan fingerprint density at radius 3 is 3.00 bits per heavy atom. The van der Waals surface area contributed by atoms with E-state index in [9.17, 15) is 0 Å². The fourth-order valence-corrected chi connectivity index (χ4v) is 2.65. The lowest BCUT2D eigenvalue weighted by atomic mass is 10.2. The maximum atomic E-state index is 5.38. The molecule has 1 atom stereocenters. The van der Waals surface area contributed by atoms with Crippen LogP contribution in [-0.4, -0.2) is 32.8 Å². The zero-order valence-corrected chi connectivity index (χ0v) is 14.1. The van der Waals surface area contributed by atoms with Gasteiger partial charge in [-0.05, 0) is 37.6 Å². The highest BCUT2D eigenvalue weighted by atomic mass is 16.7. The van der Waals surface area contributed by atoms with Crippen molar-refractivity contribution >= 4 is 0 Å². The Hall–Kier alpha value is -2.87. The van der Waals surface area contributed by atoms with Crippen LogP contribution in [0.4, 0.5) is 0 Å². The smallest absolute Gasteiger partial charge is 0.240 e. The zero-order chi connectivity index (χ0) is 17.2. The molecular weight excluding hydrogens is 322 g/mol. The van der Waals surface area contributed by atoms with Crippen molar-refractivity contribution in [3.63, 3.8) is 0 Å². The van der Waals surface area contributed by atoms with E-state index >= 15 is 0 Å². The predicted octanol–water partition coefficient (Wildman–Crippen LogP) is 2.15. The number of aryl methyl sites for hydroxylation is 1. The molecule has 1 aliphatic heterocycles. The van der Waals surface area contributed by atoms with Crippen LogP contribution in [0.3, 0.4) is 0 Å². The third kappa shape index (κ3) is 3.48. The molecule has 8 heteroatoms. The van der Waals surface area contributed by atoms with Crippen molar-refractivity contribution in [1.82, 2.24) is 25.2 Å². The molecule has 3 heterocycles. The van der Waals surface area contributed by atoms with Gasteiger partial charge in [-0.2, -0.15) is 10.1 Å². The lowest BCUT2D eigenvalue weighted by Crippen LogP contribution is -2.30. The summed E-state index contributed by atoms with van der Waals surface area (Å²) in [6, 6.07) is 5.81. The predicted molar refractivity (Wildman–Crippen MR) is 89.1 cm³/mol. The number of nitrogens with one attached hydrogen (secondary N) is 1. The molecule has 3 aromatic rings. The van der Waals surface area contributed by atoms with E-state index in [1.165, 1.54) is 0 Å². The highest BCUT2D eigenvalue weighted by Gasteiger charge is 2.16. The number of fused-ring (bicyclic) bond motifs is 1. The summed E-state index contributed by atoms with van der Waals surface area (Å²) in [5, 5.41) is 11.7. The van der Waals surface area contributed by atoms with Crippen molar-refractivity contribution < 1.29 is 14.0 Å². The molecule has 130 valence electrons. The van der Waals surface area contributed by atoms with E-state index in [1.54, 1.807) is 0 Å². The van der Waals surface area contributed by atoms with Crippen LogP contribution in [0.25, 0.3) is 11.4 Å². The van der Waals surface area contributed by atoms with Gasteiger partial charge in [0.25, 0.3) is 0 Å². The van der Waals surface area contributed by atoms with Crippen molar-refractivity contribution in [2.24, 2.45) is 0 Å². The molecule has 0 aliphatic carbocycles. The van der Waals surface area contributed by atoms with Crippen LogP contribution in [0, 0.1) is 6.92 Å². The molecule has 0 radical (unpaired) electrons. The van der Waals surface area contributed by atoms with Gasteiger partial charge in [0, 0.05) is 17.8 Å². The maximum absolute atomic E-state index is 5.38. The average molecular weight is 341 g/mol. The normalized spacial score (nSPS) is 14.0. The first-order valence-corrected chi connectivity index (χ1v) is 8.12. The van der Waals surface area contributed by atoms with Gasteiger partial charge in [0.15, 0.2) is 11.5 Å². The molecule has 4 rings (SSSR count). The van der Waals surface area contributed by atoms with E-state index in [1.807, 2.05) is 42.2 Å². The maximum Gasteiger partial charge on any atom is 0.240 e. The molecule has 0 saturated heterocycles. The zero-order valence-electron chi connectivity index (χ0n) is 14.1. The van der Waals surface area contributed by atoms with Crippen molar-refractivity contribution in [1.29, 1.82) is 0 Å². The standard InChI is InChI=1S/C17H19N5O3/c1-11-6-19-22(8-11)9-12(2)18-7-16-20-17(21-25-16)13-3-4-14-15(5-13)24-10-23-14/h3-6,8,12,18H,7,9-10H2,1-2H3/t12-/m0/s1. The minimum Gasteiger partial charge on any atom is -0.454 e. The Morgan fingerprint density at radius 1 is 1.28 bits per heavy atom. The summed E-state index contributed by atoms with van der Waals surface area (Å²) in [6.07, 6.45) is 3.87. The summed E-state index contributed by atoms with van der Waals surface area (Å²) in [6.45, 7) is 5.63. The van der Waals surface area contributed by atoms with E-state index in [2.05, 4.69) is 27.5 Å². The van der Waals surface area contributed by atoms with E-state index in [4.69, 9.17) is 14.0 Å². The summed E-state index contributed by atoms with van der Waals surface area (Å²) >= 11 is 0. The van der Waals surface area contributed by atoms with Gasteiger partial charge < -0.3 is 19.3 Å². The highest BCUT2D eigenvalue weighted by molar-refractivity contribution is 5.61. The lowest BCUT2D eigenvalue weighted by molar-refractivity contribution is 0.174. The lowest BCUT2D eigenvalue weighted by Gasteiger charge is -2.11. The van der Waals surface area contributed by atoms with Crippen LogP contribution >= 0.6 is 0 Å². The fraction of sp³-hybridized carbons (Fsp3) is 0.353. The first-order chi connectivity index (χ1) is 12.2. The highest BCUT2D eigenvalue weighted by Crippen LogP contribution is 2.35. The summed E-state index contributed by atoms with van der Waals surface area (Å²) in [5.41, 5.74) is 1.98. The SMILES string of the molecule is Cc1cnn(C[C@H](C)NCc2nc(-c3ccc4c(c3)OCO4)no2)c1. The topological polar surface area (TPSA) is 87.2 Å². The number of ether oxygens (including phenoxy) is 2. The number of hydrogen-bond donors (Lipinski definition) is 1. The number of nitrogens with zero attached hydrogens (tertiary/aromatic N) is 4. The third-order valence-corrected chi connectivity index (χ3v) is 3.92. The van der Waals surface area contributed by atoms with Crippen molar-refractivity contribution in [2.75, 3.05) is 6.79 Å². The first-order valence-electron chi connectivity index (χ1n) is 8.12. The van der Waals surface area contributed by atoms with E-state index < -0.39 is 0 Å². The van der Waals surface area contributed by atoms with Gasteiger partial charge in [0.2, 0.25) is 18.5 Å². The second-order valence-electron chi connectivity index (χ2n) is 6.10. The summed E-state index contributed by atoms with van der Waals surface area (Å²) in [4.78, 5) is 4.43. The van der Waals surface area contributed by atoms with Crippen molar-refractivity contribution in [3.05, 3.63) is 42.0 Å². The number of rotatable bonds is 6. The Morgan fingerprint density at radius 2 is 2.16 bits per heavy atom. The van der Waals surface area contributed by atoms with Crippen molar-refractivity contribution in [2.45, 2.75) is 33.0 Å². The third-order valence-electron chi connectivity index (χ3n) is 3.92. The number of hydrogen-bond acceptors (Lipinski definition) is 7. The van der Waals surface area contributed by atoms with Gasteiger partial charge in [0.05, 0.1) is 19.3 Å². The molecule has 0 amide bonds. The molecule has 0 spiro atoms. The number of benzene rings is 1. The van der Waals surface area contributed by atoms with Crippen LogP contribution in [0.5, 0.6) is 11.5 Å². The van der Waals surface area contributed by atoms with E-state index in [0.717, 1.165) is 23.4 Å². The Balaban J connectivity index is 1.36. The minimum atomic E-state index is 0.222. The summed E-state index contributed by atoms with van der Waals surface area (Å²) in [5.74, 6) is 2.50. The molecule has 25 heavy (non-hydrogen) atoms. The molecule has 0 saturated carbocycles. The first kappa shape index (κ1) is 15.6. The fourth-order valence-electron chi connectivity index (χ4n) is 2.65. The summed E-state index contributed by atoms with van der Waals surface area (Å²) in [7, 11) is 0. The molecule has 0 unspecified atom stereocenters. The van der Waals surface area contributed by atoms with Crippen LogP contribution in [-0.2, 0) is 13.1 Å². The van der Waals surface area contributed by atoms with Crippen LogP contribution < -0.4 is 14.8 Å². The van der Waals surface area contributed by atoms with Gasteiger partial charge in [-0.1, -0.05) is 5.16 Å². The largest absolute Gasteiger partial charge is 0.454 e. The van der Waals surface area contributed by atoms with Gasteiger partial charge >= 0.3 is 0 Å². The van der Waals surface area contributed by atoms with E-state index in [0.29, 0.717) is 24.0 Å². The van der Waals surface area contributed by atoms with Gasteiger partial charge in [-0.15, -0.1) is 0 Å². The Labute approximate surface area is 144 Å². The minimum absolute atomic E-state index is 0.222.